The summed E-state index contributed by atoms with van der Waals surface area (Å²) in [6, 6.07) is 1.44. The van der Waals surface area contributed by atoms with Crippen LogP contribution >= 0.6 is 15.9 Å². The maximum absolute atomic E-state index is 10.6. The van der Waals surface area contributed by atoms with E-state index >= 15 is 0 Å². The third-order valence-corrected chi connectivity index (χ3v) is 1.22. The first-order chi connectivity index (χ1) is 4.18. The summed E-state index contributed by atoms with van der Waals surface area (Å²) in [6.07, 6.45) is 0. The minimum Gasteiger partial charge on any atom is -0.301 e. The highest BCUT2D eigenvalue weighted by Crippen LogP contribution is 1.96. The predicted molar refractivity (Wildman–Crippen MR) is 37.3 cm³/mol. The Bertz CT molecular complexity index is 245. The van der Waals surface area contributed by atoms with Crippen molar-refractivity contribution in [3.05, 3.63) is 26.8 Å². The van der Waals surface area contributed by atoms with E-state index in [0.29, 0.717) is 10.4 Å². The van der Waals surface area contributed by atoms with Crippen LogP contribution in [-0.2, 0) is 0 Å². The fourth-order valence-corrected chi connectivity index (χ4v) is 1.02. The Morgan fingerprint density at radius 1 is 1.78 bits per heavy atom. The first-order valence-electron chi connectivity index (χ1n) is 2.42. The van der Waals surface area contributed by atoms with Crippen molar-refractivity contribution in [3.63, 3.8) is 0 Å². The van der Waals surface area contributed by atoms with Crippen LogP contribution < -0.4 is 5.56 Å². The van der Waals surface area contributed by atoms with Crippen molar-refractivity contribution in [2.75, 3.05) is 0 Å². The lowest BCUT2D eigenvalue weighted by atomic mass is 10.5. The molecular weight excluding hydrogens is 184 g/mol. The monoisotopic (exact) mass is 188 g/mol. The number of halogens is 1. The Balaban J connectivity index is 3.33. The lowest BCUT2D eigenvalue weighted by Crippen LogP contribution is -2.06. The number of nitrogens with one attached hydrogen (secondary N) is 1. The van der Waals surface area contributed by atoms with Gasteiger partial charge < -0.3 is 4.98 Å². The van der Waals surface area contributed by atoms with Gasteiger partial charge in [0.05, 0.1) is 0 Å². The molecule has 1 heterocycles. The van der Waals surface area contributed by atoms with Crippen molar-refractivity contribution >= 4 is 15.9 Å². The smallest absolute Gasteiger partial charge is 0.251 e. The fraction of sp³-hybridized carbons (Fsp3) is 0.200. The summed E-state index contributed by atoms with van der Waals surface area (Å²) in [5, 5.41) is 0. The van der Waals surface area contributed by atoms with Crippen molar-refractivity contribution in [1.29, 1.82) is 0 Å². The number of nitrogens with zero attached hydrogens (tertiary/aromatic N) is 1. The Morgan fingerprint density at radius 3 is 2.89 bits per heavy atom. The molecule has 0 radical (unpaired) electrons. The first-order valence-corrected chi connectivity index (χ1v) is 3.21. The van der Waals surface area contributed by atoms with Gasteiger partial charge in [0.1, 0.15) is 0 Å². The fourth-order valence-electron chi connectivity index (χ4n) is 0.543. The summed E-state index contributed by atoms with van der Waals surface area (Å²) >= 11 is 3.05. The van der Waals surface area contributed by atoms with Crippen molar-refractivity contribution in [3.8, 4) is 0 Å². The lowest BCUT2D eigenvalue weighted by molar-refractivity contribution is 1.02. The molecular formula is C5H5BrN2O. The van der Waals surface area contributed by atoms with Gasteiger partial charge in [0, 0.05) is 11.8 Å². The third-order valence-electron chi connectivity index (χ3n) is 0.841. The van der Waals surface area contributed by atoms with Crippen molar-refractivity contribution in [1.82, 2.24) is 9.97 Å². The van der Waals surface area contributed by atoms with E-state index < -0.39 is 0 Å². The van der Waals surface area contributed by atoms with E-state index in [0.717, 1.165) is 0 Å². The third kappa shape index (κ3) is 1.64. The van der Waals surface area contributed by atoms with Crippen LogP contribution in [0.2, 0.25) is 0 Å². The van der Waals surface area contributed by atoms with Gasteiger partial charge in [0.25, 0.3) is 5.56 Å². The average Bonchev–Trinajstić information content (AvgIpc) is 1.59. The highest BCUT2D eigenvalue weighted by atomic mass is 79.9. The summed E-state index contributed by atoms with van der Waals surface area (Å²) < 4.78 is 0.479. The zero-order valence-corrected chi connectivity index (χ0v) is 6.40. The number of aromatic amines is 1. The molecule has 1 rings (SSSR count). The Hall–Kier alpha value is -0.640. The summed E-state index contributed by atoms with van der Waals surface area (Å²) in [5.74, 6) is 0. The van der Waals surface area contributed by atoms with Gasteiger partial charge in [-0.15, -0.1) is 0 Å². The van der Waals surface area contributed by atoms with Gasteiger partial charge in [-0.2, -0.15) is 0 Å². The molecule has 48 valence electrons. The molecule has 0 aliphatic rings. The van der Waals surface area contributed by atoms with Gasteiger partial charge in [-0.3, -0.25) is 4.79 Å². The molecule has 0 fully saturated rings. The number of hydrogen-bond donors (Lipinski definition) is 1. The molecule has 0 bridgehead atoms. The number of hydrogen-bond acceptors (Lipinski definition) is 2. The normalized spacial score (nSPS) is 9.56. The Morgan fingerprint density at radius 2 is 2.44 bits per heavy atom. The van der Waals surface area contributed by atoms with Crippen molar-refractivity contribution in [2.45, 2.75) is 6.92 Å². The maximum Gasteiger partial charge on any atom is 0.251 e. The molecule has 1 N–H and O–H groups in total. The molecule has 9 heavy (non-hydrogen) atoms. The maximum atomic E-state index is 10.6. The Kier molecular flexibility index (Phi) is 1.66. The molecule has 0 atom stereocenters. The molecule has 0 spiro atoms. The van der Waals surface area contributed by atoms with Gasteiger partial charge >= 0.3 is 0 Å². The number of rotatable bonds is 0. The van der Waals surface area contributed by atoms with Gasteiger partial charge in [-0.25, -0.2) is 4.98 Å². The van der Waals surface area contributed by atoms with Crippen LogP contribution in [0, 0.1) is 6.92 Å². The number of H-pyrrole nitrogens is 1. The molecule has 3 nitrogen and oxygen atoms in total. The molecule has 0 aliphatic heterocycles. The molecule has 0 aliphatic carbocycles. The minimum atomic E-state index is -0.130. The first kappa shape index (κ1) is 6.48. The second-order valence-corrected chi connectivity index (χ2v) is 2.43. The highest BCUT2D eigenvalue weighted by Gasteiger charge is 1.90. The second-order valence-electron chi connectivity index (χ2n) is 1.68. The molecule has 0 unspecified atom stereocenters. The lowest BCUT2D eigenvalue weighted by Gasteiger charge is -1.89. The van der Waals surface area contributed by atoms with Gasteiger partial charge in [-0.05, 0) is 22.9 Å². The van der Waals surface area contributed by atoms with E-state index in [1.54, 1.807) is 6.92 Å². The Labute approximate surface area is 60.3 Å². The van der Waals surface area contributed by atoms with E-state index in [1.165, 1.54) is 6.07 Å². The predicted octanol–water partition coefficient (Wildman–Crippen LogP) is 0.841. The van der Waals surface area contributed by atoms with Crippen LogP contribution in [0.25, 0.3) is 0 Å². The summed E-state index contributed by atoms with van der Waals surface area (Å²) in [7, 11) is 0. The van der Waals surface area contributed by atoms with Crippen LogP contribution in [0.3, 0.4) is 0 Å². The molecule has 4 heteroatoms. The van der Waals surface area contributed by atoms with Crippen LogP contribution in [0.1, 0.15) is 5.69 Å². The van der Waals surface area contributed by atoms with E-state index in [4.69, 9.17) is 0 Å². The molecule has 0 saturated heterocycles. The molecule has 1 aromatic heterocycles. The number of aromatic nitrogens is 2. The zero-order valence-electron chi connectivity index (χ0n) is 4.81. The molecule has 0 saturated carbocycles. The minimum absolute atomic E-state index is 0.130. The van der Waals surface area contributed by atoms with Crippen LogP contribution in [-0.4, -0.2) is 9.97 Å². The quantitative estimate of drug-likeness (QED) is 0.614. The molecule has 1 aromatic rings. The standard InChI is InChI=1S/C5H5BrN2O/c1-3-2-4(9)8-5(6)7-3/h2H,1H3,(H,7,8,9). The van der Waals surface area contributed by atoms with Gasteiger partial charge in [-0.1, -0.05) is 0 Å². The van der Waals surface area contributed by atoms with Crippen LogP contribution in [0.15, 0.2) is 15.6 Å². The van der Waals surface area contributed by atoms with Crippen molar-refractivity contribution in [2.24, 2.45) is 0 Å². The van der Waals surface area contributed by atoms with Crippen LogP contribution in [0.5, 0.6) is 0 Å². The SMILES string of the molecule is Cc1cc(=O)[nH]c(Br)n1. The second kappa shape index (κ2) is 2.31. The summed E-state index contributed by atoms with van der Waals surface area (Å²) in [4.78, 5) is 16.9. The van der Waals surface area contributed by atoms with E-state index in [-0.39, 0.29) is 5.56 Å². The summed E-state index contributed by atoms with van der Waals surface area (Å²) in [5.41, 5.74) is 0.583. The molecule has 0 amide bonds. The van der Waals surface area contributed by atoms with Gasteiger partial charge in [0.2, 0.25) is 0 Å². The van der Waals surface area contributed by atoms with Gasteiger partial charge in [0.15, 0.2) is 4.73 Å². The average molecular weight is 189 g/mol. The number of aryl methyl sites for hydroxylation is 1. The summed E-state index contributed by atoms with van der Waals surface area (Å²) in [6.45, 7) is 1.76. The molecule has 0 aromatic carbocycles. The largest absolute Gasteiger partial charge is 0.301 e. The van der Waals surface area contributed by atoms with Crippen molar-refractivity contribution < 1.29 is 0 Å². The van der Waals surface area contributed by atoms with E-state index in [9.17, 15) is 4.79 Å². The van der Waals surface area contributed by atoms with E-state index in [2.05, 4.69) is 25.9 Å². The zero-order chi connectivity index (χ0) is 6.85. The topological polar surface area (TPSA) is 45.8 Å². The van der Waals surface area contributed by atoms with Crippen LogP contribution in [0.4, 0.5) is 0 Å². The highest BCUT2D eigenvalue weighted by molar-refractivity contribution is 9.10. The van der Waals surface area contributed by atoms with E-state index in [1.807, 2.05) is 0 Å².